The third-order valence-corrected chi connectivity index (χ3v) is 3.41. The minimum absolute atomic E-state index is 0.0190. The van der Waals surface area contributed by atoms with Gasteiger partial charge in [0.2, 0.25) is 0 Å². The van der Waals surface area contributed by atoms with E-state index in [1.807, 2.05) is 0 Å². The second kappa shape index (κ2) is 5.00. The Morgan fingerprint density at radius 3 is 2.56 bits per heavy atom. The average Bonchev–Trinajstić information content (AvgIpc) is 2.12. The fraction of sp³-hybridized carbons (Fsp3) is 1.00. The van der Waals surface area contributed by atoms with Crippen molar-refractivity contribution >= 4 is 10.2 Å². The van der Waals surface area contributed by atoms with Gasteiger partial charge in [0, 0.05) is 13.2 Å². The van der Waals surface area contributed by atoms with Gasteiger partial charge in [0.15, 0.2) is 0 Å². The second-order valence-corrected chi connectivity index (χ2v) is 6.83. The first-order valence-corrected chi connectivity index (χ1v) is 7.14. The van der Waals surface area contributed by atoms with E-state index in [1.54, 1.807) is 0 Å². The summed E-state index contributed by atoms with van der Waals surface area (Å²) in [6.45, 7) is 7.43. The van der Waals surface area contributed by atoms with Gasteiger partial charge in [0.05, 0.1) is 6.10 Å². The summed E-state index contributed by atoms with van der Waals surface area (Å²) in [5, 5.41) is 4.93. The van der Waals surface area contributed by atoms with Gasteiger partial charge in [-0.15, -0.1) is 0 Å². The van der Waals surface area contributed by atoms with Gasteiger partial charge in [-0.05, 0) is 24.2 Å². The number of hydrogen-bond acceptors (Lipinski definition) is 3. The van der Waals surface area contributed by atoms with E-state index in [9.17, 15) is 8.42 Å². The number of ether oxygens (including phenoxy) is 1. The Labute approximate surface area is 97.9 Å². The maximum atomic E-state index is 10.9. The number of nitrogens with one attached hydrogen (secondary N) is 1. The van der Waals surface area contributed by atoms with Crippen molar-refractivity contribution < 1.29 is 13.2 Å². The zero-order valence-electron chi connectivity index (χ0n) is 10.2. The molecule has 1 saturated heterocycles. The van der Waals surface area contributed by atoms with Crippen molar-refractivity contribution in [1.29, 1.82) is 0 Å². The Bertz CT molecular complexity index is 321. The molecule has 2 atom stereocenters. The fourth-order valence-electron chi connectivity index (χ4n) is 2.23. The highest BCUT2D eigenvalue weighted by atomic mass is 32.2. The van der Waals surface area contributed by atoms with E-state index >= 15 is 0 Å². The molecule has 5 nitrogen and oxygen atoms in total. The molecule has 0 amide bonds. The molecule has 16 heavy (non-hydrogen) atoms. The van der Waals surface area contributed by atoms with E-state index in [-0.39, 0.29) is 17.4 Å². The standard InChI is InChI=1S/C10H22N2O3S/c1-10(2,3)9-8(5-4-6-15-9)7-12-16(11,13)14/h8-9,12H,4-7H2,1-3H3,(H2,11,13,14)/t8-,9+/m0/s1. The van der Waals surface area contributed by atoms with Gasteiger partial charge in [0.1, 0.15) is 0 Å². The molecule has 0 aromatic carbocycles. The molecule has 0 unspecified atom stereocenters. The van der Waals surface area contributed by atoms with Crippen LogP contribution < -0.4 is 9.86 Å². The molecule has 1 aliphatic heterocycles. The van der Waals surface area contributed by atoms with Crippen LogP contribution in [-0.2, 0) is 14.9 Å². The van der Waals surface area contributed by atoms with Gasteiger partial charge < -0.3 is 4.74 Å². The number of nitrogens with two attached hydrogens (primary N) is 1. The molecule has 0 radical (unpaired) electrons. The topological polar surface area (TPSA) is 81.4 Å². The third-order valence-electron chi connectivity index (χ3n) is 2.85. The molecular formula is C10H22N2O3S. The lowest BCUT2D eigenvalue weighted by Gasteiger charge is -2.40. The summed E-state index contributed by atoms with van der Waals surface area (Å²) in [6, 6.07) is 0. The summed E-state index contributed by atoms with van der Waals surface area (Å²) in [4.78, 5) is 0. The SMILES string of the molecule is CC(C)(C)[C@@H]1OCCC[C@H]1CNS(N)(=O)=O. The van der Waals surface area contributed by atoms with Crippen LogP contribution in [-0.4, -0.2) is 27.7 Å². The average molecular weight is 250 g/mol. The van der Waals surface area contributed by atoms with Crippen LogP contribution in [0.5, 0.6) is 0 Å². The van der Waals surface area contributed by atoms with Gasteiger partial charge >= 0.3 is 0 Å². The highest BCUT2D eigenvalue weighted by Gasteiger charge is 2.35. The van der Waals surface area contributed by atoms with E-state index in [0.717, 1.165) is 19.4 Å². The smallest absolute Gasteiger partial charge is 0.274 e. The minimum Gasteiger partial charge on any atom is -0.377 e. The molecule has 0 aliphatic carbocycles. The Morgan fingerprint density at radius 2 is 2.06 bits per heavy atom. The largest absolute Gasteiger partial charge is 0.377 e. The zero-order valence-corrected chi connectivity index (χ0v) is 11.0. The van der Waals surface area contributed by atoms with Crippen LogP contribution in [0.2, 0.25) is 0 Å². The van der Waals surface area contributed by atoms with Crippen LogP contribution in [0.25, 0.3) is 0 Å². The molecule has 96 valence electrons. The summed E-state index contributed by atoms with van der Waals surface area (Å²) in [6.07, 6.45) is 2.03. The van der Waals surface area contributed by atoms with Crippen molar-refractivity contribution in [3.8, 4) is 0 Å². The van der Waals surface area contributed by atoms with Crippen LogP contribution in [0, 0.1) is 11.3 Å². The maximum Gasteiger partial charge on any atom is 0.274 e. The van der Waals surface area contributed by atoms with Crippen LogP contribution in [0.4, 0.5) is 0 Å². The normalized spacial score (nSPS) is 28.0. The summed E-state index contributed by atoms with van der Waals surface area (Å²) in [5.41, 5.74) is 0.0190. The van der Waals surface area contributed by atoms with E-state index in [4.69, 9.17) is 9.88 Å². The van der Waals surface area contributed by atoms with Crippen molar-refractivity contribution in [2.75, 3.05) is 13.2 Å². The highest BCUT2D eigenvalue weighted by Crippen LogP contribution is 2.33. The molecule has 0 bridgehead atoms. The maximum absolute atomic E-state index is 10.9. The fourth-order valence-corrected chi connectivity index (χ4v) is 2.68. The minimum atomic E-state index is -3.60. The molecule has 0 aromatic heterocycles. The Hall–Kier alpha value is -0.170. The molecule has 0 saturated carbocycles. The third kappa shape index (κ3) is 4.37. The highest BCUT2D eigenvalue weighted by molar-refractivity contribution is 7.87. The molecule has 1 fully saturated rings. The van der Waals surface area contributed by atoms with Crippen LogP contribution in [0.3, 0.4) is 0 Å². The molecule has 6 heteroatoms. The van der Waals surface area contributed by atoms with Crippen LogP contribution in [0.1, 0.15) is 33.6 Å². The quantitative estimate of drug-likeness (QED) is 0.770. The van der Waals surface area contributed by atoms with Gasteiger partial charge in [-0.3, -0.25) is 0 Å². The number of rotatable bonds is 3. The molecule has 1 heterocycles. The van der Waals surface area contributed by atoms with Gasteiger partial charge in [0.25, 0.3) is 10.2 Å². The first-order chi connectivity index (χ1) is 7.20. The first kappa shape index (κ1) is 13.9. The molecule has 1 rings (SSSR count). The molecule has 3 N–H and O–H groups in total. The van der Waals surface area contributed by atoms with Crippen LogP contribution >= 0.6 is 0 Å². The van der Waals surface area contributed by atoms with Gasteiger partial charge in [-0.25, -0.2) is 9.86 Å². The Morgan fingerprint density at radius 1 is 1.44 bits per heavy atom. The van der Waals surface area contributed by atoms with Gasteiger partial charge in [-0.1, -0.05) is 20.8 Å². The molecular weight excluding hydrogens is 228 g/mol. The zero-order chi connectivity index (χ0) is 12.4. The van der Waals surface area contributed by atoms with Crippen molar-refractivity contribution in [2.45, 2.75) is 39.7 Å². The Balaban J connectivity index is 2.61. The summed E-state index contributed by atoms with van der Waals surface area (Å²) >= 11 is 0. The van der Waals surface area contributed by atoms with Crippen molar-refractivity contribution in [1.82, 2.24) is 4.72 Å². The second-order valence-electron chi connectivity index (χ2n) is 5.45. The van der Waals surface area contributed by atoms with E-state index < -0.39 is 10.2 Å². The lowest BCUT2D eigenvalue weighted by Crippen LogP contribution is -2.46. The van der Waals surface area contributed by atoms with E-state index in [2.05, 4.69) is 25.5 Å². The monoisotopic (exact) mass is 250 g/mol. The predicted molar refractivity (Wildman–Crippen MR) is 63.0 cm³/mol. The lowest BCUT2D eigenvalue weighted by molar-refractivity contribution is -0.0833. The Kier molecular flexibility index (Phi) is 4.34. The van der Waals surface area contributed by atoms with Crippen molar-refractivity contribution in [3.05, 3.63) is 0 Å². The molecule has 0 spiro atoms. The number of hydrogen-bond donors (Lipinski definition) is 2. The van der Waals surface area contributed by atoms with Crippen molar-refractivity contribution in [3.63, 3.8) is 0 Å². The van der Waals surface area contributed by atoms with Crippen molar-refractivity contribution in [2.24, 2.45) is 16.5 Å². The molecule has 0 aromatic rings. The van der Waals surface area contributed by atoms with Crippen LogP contribution in [0.15, 0.2) is 0 Å². The predicted octanol–water partition coefficient (Wildman–Crippen LogP) is 0.621. The summed E-state index contributed by atoms with van der Waals surface area (Å²) < 4.78 is 29.8. The van der Waals surface area contributed by atoms with Gasteiger partial charge in [-0.2, -0.15) is 8.42 Å². The van der Waals surface area contributed by atoms with E-state index in [0.29, 0.717) is 6.54 Å². The lowest BCUT2D eigenvalue weighted by atomic mass is 9.78. The van der Waals surface area contributed by atoms with E-state index in [1.165, 1.54) is 0 Å². The molecule has 1 aliphatic rings. The summed E-state index contributed by atoms with van der Waals surface area (Å²) in [7, 11) is -3.60. The summed E-state index contributed by atoms with van der Waals surface area (Å²) in [5.74, 6) is 0.201. The first-order valence-electron chi connectivity index (χ1n) is 5.59.